The van der Waals surface area contributed by atoms with Gasteiger partial charge in [-0.1, -0.05) is 26.7 Å². The highest BCUT2D eigenvalue weighted by Crippen LogP contribution is 2.27. The van der Waals surface area contributed by atoms with Crippen LogP contribution in [0.2, 0.25) is 0 Å². The highest BCUT2D eigenvalue weighted by molar-refractivity contribution is 7.89. The fourth-order valence-electron chi connectivity index (χ4n) is 2.76. The highest BCUT2D eigenvalue weighted by atomic mass is 32.2. The van der Waals surface area contributed by atoms with Gasteiger partial charge in [0.15, 0.2) is 0 Å². The van der Waals surface area contributed by atoms with Crippen LogP contribution in [0, 0.1) is 5.92 Å². The highest BCUT2D eigenvalue weighted by Gasteiger charge is 2.26. The van der Waals surface area contributed by atoms with E-state index in [-0.39, 0.29) is 6.04 Å². The summed E-state index contributed by atoms with van der Waals surface area (Å²) in [6, 6.07) is 1.81. The summed E-state index contributed by atoms with van der Waals surface area (Å²) in [6.07, 6.45) is 4.23. The second-order valence-electron chi connectivity index (χ2n) is 5.58. The molecule has 0 aliphatic heterocycles. The summed E-state index contributed by atoms with van der Waals surface area (Å²) in [4.78, 5) is 1.34. The number of rotatable bonds is 6. The van der Waals surface area contributed by atoms with Crippen LogP contribution in [-0.2, 0) is 16.6 Å². The van der Waals surface area contributed by atoms with Crippen molar-refractivity contribution in [1.82, 2.24) is 10.0 Å². The molecule has 0 radical (unpaired) electrons. The summed E-state index contributed by atoms with van der Waals surface area (Å²) >= 11 is 1.50. The van der Waals surface area contributed by atoms with Gasteiger partial charge in [0.25, 0.3) is 0 Å². The lowest BCUT2D eigenvalue weighted by molar-refractivity contribution is 0.327. The Hall–Kier alpha value is -0.430. The minimum atomic E-state index is -3.38. The second-order valence-corrected chi connectivity index (χ2v) is 8.26. The molecule has 2 atom stereocenters. The van der Waals surface area contributed by atoms with Crippen molar-refractivity contribution in [2.75, 3.05) is 6.54 Å². The maximum absolute atomic E-state index is 12.5. The van der Waals surface area contributed by atoms with Gasteiger partial charge in [-0.25, -0.2) is 13.1 Å². The minimum absolute atomic E-state index is 0.0932. The molecule has 2 unspecified atom stereocenters. The van der Waals surface area contributed by atoms with Gasteiger partial charge in [-0.3, -0.25) is 0 Å². The smallest absolute Gasteiger partial charge is 0.241 e. The molecular formula is C14H24N2O2S2. The van der Waals surface area contributed by atoms with Gasteiger partial charge in [-0.05, 0) is 36.8 Å². The van der Waals surface area contributed by atoms with E-state index < -0.39 is 10.0 Å². The Labute approximate surface area is 126 Å². The third kappa shape index (κ3) is 4.04. The lowest BCUT2D eigenvalue weighted by Gasteiger charge is -2.27. The molecule has 1 aliphatic rings. The van der Waals surface area contributed by atoms with Gasteiger partial charge in [-0.2, -0.15) is 0 Å². The maximum atomic E-state index is 12.5. The molecular weight excluding hydrogens is 292 g/mol. The average molecular weight is 316 g/mol. The van der Waals surface area contributed by atoms with Crippen molar-refractivity contribution in [1.29, 1.82) is 0 Å². The Morgan fingerprint density at radius 2 is 2.20 bits per heavy atom. The van der Waals surface area contributed by atoms with Crippen LogP contribution in [0.5, 0.6) is 0 Å². The monoisotopic (exact) mass is 316 g/mol. The van der Waals surface area contributed by atoms with E-state index in [9.17, 15) is 8.42 Å². The number of nitrogens with one attached hydrogen (secondary N) is 2. The van der Waals surface area contributed by atoms with E-state index in [2.05, 4.69) is 17.0 Å². The molecule has 0 bridgehead atoms. The number of hydrogen-bond donors (Lipinski definition) is 2. The molecule has 0 spiro atoms. The Balaban J connectivity index is 2.08. The first kappa shape index (κ1) is 15.9. The van der Waals surface area contributed by atoms with Crippen LogP contribution in [0.4, 0.5) is 0 Å². The van der Waals surface area contributed by atoms with Gasteiger partial charge in [-0.15, -0.1) is 11.3 Å². The molecule has 0 saturated heterocycles. The molecule has 0 amide bonds. The summed E-state index contributed by atoms with van der Waals surface area (Å²) in [5, 5.41) is 5.04. The Morgan fingerprint density at radius 1 is 1.40 bits per heavy atom. The Bertz CT molecular complexity index is 525. The van der Waals surface area contributed by atoms with Crippen molar-refractivity contribution in [3.05, 3.63) is 16.3 Å². The van der Waals surface area contributed by atoms with Crippen LogP contribution >= 0.6 is 11.3 Å². The SMILES string of the molecule is CCNCc1sccc1S(=O)(=O)NC1CCCC(C)C1. The minimum Gasteiger partial charge on any atom is -0.312 e. The number of hydrogen-bond acceptors (Lipinski definition) is 4. The van der Waals surface area contributed by atoms with Crippen LogP contribution < -0.4 is 10.0 Å². The van der Waals surface area contributed by atoms with Crippen molar-refractivity contribution >= 4 is 21.4 Å². The van der Waals surface area contributed by atoms with E-state index in [1.54, 1.807) is 6.07 Å². The molecule has 1 saturated carbocycles. The fourth-order valence-corrected chi connectivity index (χ4v) is 5.46. The lowest BCUT2D eigenvalue weighted by atomic mass is 9.88. The summed E-state index contributed by atoms with van der Waals surface area (Å²) in [5.74, 6) is 0.611. The van der Waals surface area contributed by atoms with Crippen molar-refractivity contribution in [2.45, 2.75) is 57.0 Å². The predicted molar refractivity (Wildman–Crippen MR) is 83.4 cm³/mol. The molecule has 2 rings (SSSR count). The number of thiophene rings is 1. The van der Waals surface area contributed by atoms with Gasteiger partial charge in [0.05, 0.1) is 4.90 Å². The van der Waals surface area contributed by atoms with Crippen molar-refractivity contribution in [2.24, 2.45) is 5.92 Å². The van der Waals surface area contributed by atoms with E-state index >= 15 is 0 Å². The van der Waals surface area contributed by atoms with Gasteiger partial charge in [0.1, 0.15) is 0 Å². The molecule has 1 heterocycles. The molecule has 0 aromatic carbocycles. The Morgan fingerprint density at radius 3 is 2.90 bits per heavy atom. The van der Waals surface area contributed by atoms with E-state index in [0.717, 1.165) is 30.7 Å². The first-order valence-corrected chi connectivity index (χ1v) is 9.68. The molecule has 1 aromatic rings. The summed E-state index contributed by atoms with van der Waals surface area (Å²) < 4.78 is 27.9. The van der Waals surface area contributed by atoms with Crippen LogP contribution in [0.25, 0.3) is 0 Å². The fraction of sp³-hybridized carbons (Fsp3) is 0.714. The summed E-state index contributed by atoms with van der Waals surface area (Å²) in [7, 11) is -3.38. The van der Waals surface area contributed by atoms with Crippen LogP contribution in [0.3, 0.4) is 0 Å². The molecule has 1 aromatic heterocycles. The largest absolute Gasteiger partial charge is 0.312 e. The third-order valence-electron chi connectivity index (χ3n) is 3.79. The zero-order chi connectivity index (χ0) is 14.6. The van der Waals surface area contributed by atoms with Gasteiger partial charge >= 0.3 is 0 Å². The molecule has 4 nitrogen and oxygen atoms in total. The molecule has 20 heavy (non-hydrogen) atoms. The molecule has 1 aliphatic carbocycles. The third-order valence-corrected chi connectivity index (χ3v) is 6.44. The van der Waals surface area contributed by atoms with E-state index in [4.69, 9.17) is 0 Å². The van der Waals surface area contributed by atoms with Crippen molar-refractivity contribution in [3.63, 3.8) is 0 Å². The van der Waals surface area contributed by atoms with E-state index in [0.29, 0.717) is 17.4 Å². The lowest BCUT2D eigenvalue weighted by Crippen LogP contribution is -2.38. The topological polar surface area (TPSA) is 58.2 Å². The summed E-state index contributed by atoms with van der Waals surface area (Å²) in [6.45, 7) is 5.67. The van der Waals surface area contributed by atoms with Crippen LogP contribution in [0.15, 0.2) is 16.3 Å². The maximum Gasteiger partial charge on any atom is 0.241 e. The first-order valence-electron chi connectivity index (χ1n) is 7.32. The van der Waals surface area contributed by atoms with Crippen LogP contribution in [-0.4, -0.2) is 21.0 Å². The van der Waals surface area contributed by atoms with E-state index in [1.165, 1.54) is 17.8 Å². The van der Waals surface area contributed by atoms with Crippen LogP contribution in [0.1, 0.15) is 44.4 Å². The molecule has 2 N–H and O–H groups in total. The zero-order valence-corrected chi connectivity index (χ0v) is 13.8. The quantitative estimate of drug-likeness (QED) is 0.848. The zero-order valence-electron chi connectivity index (χ0n) is 12.2. The van der Waals surface area contributed by atoms with Crippen molar-refractivity contribution < 1.29 is 8.42 Å². The standard InChI is InChI=1S/C14H24N2O2S2/c1-3-15-10-13-14(7-8-19-13)20(17,18)16-12-6-4-5-11(2)9-12/h7-8,11-12,15-16H,3-6,9-10H2,1-2H3. The molecule has 114 valence electrons. The Kier molecular flexibility index (Phi) is 5.60. The normalized spacial score (nSPS) is 23.9. The van der Waals surface area contributed by atoms with Crippen molar-refractivity contribution in [3.8, 4) is 0 Å². The van der Waals surface area contributed by atoms with Gasteiger partial charge in [0, 0.05) is 17.5 Å². The first-order chi connectivity index (χ1) is 9.53. The second kappa shape index (κ2) is 7.02. The van der Waals surface area contributed by atoms with E-state index in [1.807, 2.05) is 12.3 Å². The average Bonchev–Trinajstić information content (AvgIpc) is 2.85. The molecule has 1 fully saturated rings. The van der Waals surface area contributed by atoms with Gasteiger partial charge in [0.2, 0.25) is 10.0 Å². The summed E-state index contributed by atoms with van der Waals surface area (Å²) in [5.41, 5.74) is 0. The molecule has 6 heteroatoms. The predicted octanol–water partition coefficient (Wildman–Crippen LogP) is 2.71. The van der Waals surface area contributed by atoms with Gasteiger partial charge < -0.3 is 5.32 Å². The number of sulfonamides is 1.